The number of hydrogen-bond acceptors (Lipinski definition) is 9. The van der Waals surface area contributed by atoms with Gasteiger partial charge in [0.05, 0.1) is 18.1 Å². The number of aliphatic hydroxyl groups excluding tert-OH is 2. The molecule has 0 spiro atoms. The van der Waals surface area contributed by atoms with Crippen molar-refractivity contribution in [2.45, 2.75) is 50.7 Å². The van der Waals surface area contributed by atoms with Gasteiger partial charge in [-0.25, -0.2) is 4.79 Å². The average molecular weight is 536 g/mol. The molecule has 0 radical (unpaired) electrons. The lowest BCUT2D eigenvalue weighted by Gasteiger charge is -2.46. The van der Waals surface area contributed by atoms with Crippen molar-refractivity contribution in [2.75, 3.05) is 13.1 Å². The molecule has 0 amide bonds. The summed E-state index contributed by atoms with van der Waals surface area (Å²) in [5.41, 5.74) is -1.14. The summed E-state index contributed by atoms with van der Waals surface area (Å²) < 4.78 is 5.31. The zero-order chi connectivity index (χ0) is 27.6. The highest BCUT2D eigenvalue weighted by atomic mass is 16.4. The second kappa shape index (κ2) is 9.10. The number of phenols is 1. The molecular formula is C29H29NO9. The minimum Gasteiger partial charge on any atom is -0.508 e. The summed E-state index contributed by atoms with van der Waals surface area (Å²) in [5, 5.41) is 54.5. The topological polar surface area (TPSA) is 169 Å². The molecule has 2 aromatic rings. The van der Waals surface area contributed by atoms with Crippen LogP contribution in [0.4, 0.5) is 0 Å². The second-order valence-corrected chi connectivity index (χ2v) is 11.0. The summed E-state index contributed by atoms with van der Waals surface area (Å²) in [5.74, 6) is -7.23. The number of phenolic OH excluding ortho intramolecular Hbond substituents is 1. The number of aromatic hydroxyl groups is 1. The standard InChI is InChI=1S/C29H29NO9/c31-20-11-17-8-15-9-19-18(14-4-7-39-13-14)10-16(12-30-5-2-1-3-6-30)24(32)22(19)25(33)21(15)26(34)29(17,38)27(35)23(20)28(36)37/h4,7,10,13,15,17,32-33,35,38H,1-3,5-6,8-9,11-12H2,(H,36,37)/t15-,17+,29+/m1/s1. The monoisotopic (exact) mass is 535 g/mol. The molecule has 3 aliphatic carbocycles. The molecule has 2 fully saturated rings. The number of carbonyl (C=O) groups excluding carboxylic acids is 2. The molecule has 4 aliphatic rings. The summed E-state index contributed by atoms with van der Waals surface area (Å²) >= 11 is 0. The van der Waals surface area contributed by atoms with Crippen molar-refractivity contribution in [3.8, 4) is 16.9 Å². The summed E-state index contributed by atoms with van der Waals surface area (Å²) in [4.78, 5) is 40.1. The summed E-state index contributed by atoms with van der Waals surface area (Å²) in [6.45, 7) is 2.18. The first kappa shape index (κ1) is 25.4. The van der Waals surface area contributed by atoms with E-state index in [2.05, 4.69) is 4.90 Å². The number of Topliss-reactive ketones (excluding diaryl/α,β-unsaturated/α-hetero) is 2. The molecule has 5 N–H and O–H groups in total. The SMILES string of the molecule is O=C(O)C1=C(O)[C@@]2(O)C(=O)C3=C(O)c4c(O)c(CN5CCCCC5)cc(-c5ccoc5)c4C[C@H]3C[C@H]2CC1=O. The van der Waals surface area contributed by atoms with E-state index in [1.165, 1.54) is 6.26 Å². The highest BCUT2D eigenvalue weighted by Gasteiger charge is 2.60. The number of piperidine rings is 1. The maximum Gasteiger partial charge on any atom is 0.342 e. The fourth-order valence-corrected chi connectivity index (χ4v) is 6.87. The van der Waals surface area contributed by atoms with E-state index < -0.39 is 58.5 Å². The number of benzene rings is 1. The molecule has 1 aromatic carbocycles. The van der Waals surface area contributed by atoms with Crippen LogP contribution in [0.2, 0.25) is 0 Å². The van der Waals surface area contributed by atoms with Gasteiger partial charge in [0.15, 0.2) is 17.1 Å². The van der Waals surface area contributed by atoms with Crippen LogP contribution >= 0.6 is 0 Å². The van der Waals surface area contributed by atoms with Crippen LogP contribution in [0.15, 0.2) is 46.0 Å². The Balaban J connectivity index is 1.52. The predicted molar refractivity (Wildman–Crippen MR) is 137 cm³/mol. The van der Waals surface area contributed by atoms with Crippen LogP contribution in [0.5, 0.6) is 5.75 Å². The number of likely N-dealkylation sites (tertiary alicyclic amines) is 1. The molecule has 0 unspecified atom stereocenters. The first-order chi connectivity index (χ1) is 18.6. The molecule has 1 saturated heterocycles. The van der Waals surface area contributed by atoms with Gasteiger partial charge in [0.2, 0.25) is 5.78 Å². The Hall–Kier alpha value is -3.89. The Labute approximate surface area is 223 Å². The number of furan rings is 1. The van der Waals surface area contributed by atoms with Crippen molar-refractivity contribution < 1.29 is 44.3 Å². The van der Waals surface area contributed by atoms with Gasteiger partial charge in [-0.2, -0.15) is 0 Å². The number of rotatable bonds is 4. The van der Waals surface area contributed by atoms with Gasteiger partial charge in [-0.05, 0) is 68.0 Å². The van der Waals surface area contributed by atoms with Gasteiger partial charge in [0.1, 0.15) is 17.1 Å². The molecule has 1 aromatic heterocycles. The molecule has 2 heterocycles. The van der Waals surface area contributed by atoms with E-state index in [1.807, 2.05) is 6.07 Å². The summed E-state index contributed by atoms with van der Waals surface area (Å²) in [6, 6.07) is 3.65. The molecule has 6 rings (SSSR count). The Morgan fingerprint density at radius 2 is 1.85 bits per heavy atom. The third kappa shape index (κ3) is 3.73. The second-order valence-electron chi connectivity index (χ2n) is 11.0. The number of carboxylic acid groups (broad SMARTS) is 1. The Kier molecular flexibility index (Phi) is 5.92. The van der Waals surface area contributed by atoms with Gasteiger partial charge in [0.25, 0.3) is 0 Å². The van der Waals surface area contributed by atoms with Crippen molar-refractivity contribution in [3.05, 3.63) is 58.3 Å². The number of fused-ring (bicyclic) bond motifs is 3. The van der Waals surface area contributed by atoms with E-state index in [0.717, 1.165) is 43.5 Å². The van der Waals surface area contributed by atoms with Crippen LogP contribution in [-0.2, 0) is 27.3 Å². The molecule has 3 atom stereocenters. The van der Waals surface area contributed by atoms with E-state index in [1.54, 1.807) is 12.3 Å². The number of hydrogen-bond donors (Lipinski definition) is 5. The largest absolute Gasteiger partial charge is 0.508 e. The first-order valence-corrected chi connectivity index (χ1v) is 13.2. The van der Waals surface area contributed by atoms with Gasteiger partial charge in [-0.15, -0.1) is 0 Å². The average Bonchev–Trinajstić information content (AvgIpc) is 3.43. The third-order valence-electron chi connectivity index (χ3n) is 8.78. The van der Waals surface area contributed by atoms with Gasteiger partial charge < -0.3 is 29.9 Å². The van der Waals surface area contributed by atoms with Crippen molar-refractivity contribution in [3.63, 3.8) is 0 Å². The van der Waals surface area contributed by atoms with E-state index in [-0.39, 0.29) is 29.7 Å². The molecule has 10 nitrogen and oxygen atoms in total. The van der Waals surface area contributed by atoms with Crippen molar-refractivity contribution in [1.82, 2.24) is 4.90 Å². The number of aliphatic hydroxyl groups is 3. The molecular weight excluding hydrogens is 506 g/mol. The van der Waals surface area contributed by atoms with Crippen LogP contribution in [0, 0.1) is 11.8 Å². The molecule has 10 heteroatoms. The lowest BCUT2D eigenvalue weighted by Crippen LogP contribution is -2.58. The van der Waals surface area contributed by atoms with Crippen LogP contribution in [0.1, 0.15) is 48.8 Å². The lowest BCUT2D eigenvalue weighted by atomic mass is 9.59. The summed E-state index contributed by atoms with van der Waals surface area (Å²) in [7, 11) is 0. The number of nitrogens with zero attached hydrogens (tertiary/aromatic N) is 1. The number of carbonyl (C=O) groups is 3. The molecule has 204 valence electrons. The van der Waals surface area contributed by atoms with Crippen LogP contribution < -0.4 is 0 Å². The molecule has 39 heavy (non-hydrogen) atoms. The number of carboxylic acids is 1. The van der Waals surface area contributed by atoms with Gasteiger partial charge >= 0.3 is 5.97 Å². The van der Waals surface area contributed by atoms with E-state index >= 15 is 0 Å². The summed E-state index contributed by atoms with van der Waals surface area (Å²) in [6.07, 6.45) is 6.15. The Morgan fingerprint density at radius 1 is 1.10 bits per heavy atom. The highest BCUT2D eigenvalue weighted by Crippen LogP contribution is 2.53. The van der Waals surface area contributed by atoms with Crippen molar-refractivity contribution >= 4 is 23.3 Å². The van der Waals surface area contributed by atoms with Gasteiger partial charge in [-0.3, -0.25) is 14.5 Å². The van der Waals surface area contributed by atoms with Gasteiger partial charge in [0, 0.05) is 35.6 Å². The van der Waals surface area contributed by atoms with Crippen LogP contribution in [0.25, 0.3) is 16.9 Å². The molecule has 1 aliphatic heterocycles. The lowest BCUT2D eigenvalue weighted by molar-refractivity contribution is -0.149. The third-order valence-corrected chi connectivity index (χ3v) is 8.78. The van der Waals surface area contributed by atoms with Crippen molar-refractivity contribution in [2.24, 2.45) is 11.8 Å². The van der Waals surface area contributed by atoms with Gasteiger partial charge in [-0.1, -0.05) is 6.42 Å². The molecule has 0 bridgehead atoms. The zero-order valence-corrected chi connectivity index (χ0v) is 21.1. The van der Waals surface area contributed by atoms with Crippen molar-refractivity contribution in [1.29, 1.82) is 0 Å². The zero-order valence-electron chi connectivity index (χ0n) is 21.1. The Bertz CT molecular complexity index is 1460. The normalized spacial score (nSPS) is 27.3. The smallest absolute Gasteiger partial charge is 0.342 e. The number of ketones is 2. The first-order valence-electron chi connectivity index (χ1n) is 13.2. The minimum absolute atomic E-state index is 0.0465. The highest BCUT2D eigenvalue weighted by molar-refractivity contribution is 6.21. The minimum atomic E-state index is -2.66. The maximum absolute atomic E-state index is 13.8. The fourth-order valence-electron chi connectivity index (χ4n) is 6.87. The van der Waals surface area contributed by atoms with Crippen LogP contribution in [0.3, 0.4) is 0 Å². The fraction of sp³-hybridized carbons (Fsp3) is 0.414. The van der Waals surface area contributed by atoms with E-state index in [9.17, 15) is 39.9 Å². The quantitative estimate of drug-likeness (QED) is 0.366. The van der Waals surface area contributed by atoms with E-state index in [4.69, 9.17) is 4.42 Å². The van der Waals surface area contributed by atoms with Crippen LogP contribution in [-0.4, -0.2) is 66.7 Å². The molecule has 1 saturated carbocycles. The number of aliphatic carboxylic acids is 1. The Morgan fingerprint density at radius 3 is 2.51 bits per heavy atom. The maximum atomic E-state index is 13.8. The van der Waals surface area contributed by atoms with E-state index in [0.29, 0.717) is 17.7 Å². The predicted octanol–water partition coefficient (Wildman–Crippen LogP) is 3.27.